The van der Waals surface area contributed by atoms with Crippen molar-refractivity contribution in [3.63, 3.8) is 0 Å². The van der Waals surface area contributed by atoms with Crippen molar-refractivity contribution >= 4 is 5.71 Å². The van der Waals surface area contributed by atoms with Crippen LogP contribution in [0.4, 0.5) is 0 Å². The number of para-hydroxylation sites is 1. The summed E-state index contributed by atoms with van der Waals surface area (Å²) >= 11 is 0. The molecule has 2 aromatic carbocycles. The van der Waals surface area contributed by atoms with E-state index < -0.39 is 0 Å². The average Bonchev–Trinajstić information content (AvgIpc) is 2.43. The Balaban J connectivity index is 2.54. The Kier molecular flexibility index (Phi) is 3.63. The van der Waals surface area contributed by atoms with Gasteiger partial charge in [-0.2, -0.15) is 0 Å². The standard InChI is InChI=1S/C15H15NO2/c1-2-11-9-6-10-13(15(11)17)14(16-18)12-7-4-3-5-8-12/h3-10,17-18H,2H2,1H3/b16-14+. The predicted octanol–water partition coefficient (Wildman–Crippen LogP) is 3.18. The zero-order valence-electron chi connectivity index (χ0n) is 10.2. The smallest absolute Gasteiger partial charge is 0.128 e. The van der Waals surface area contributed by atoms with Crippen molar-refractivity contribution in [1.82, 2.24) is 0 Å². The second kappa shape index (κ2) is 5.36. The van der Waals surface area contributed by atoms with Crippen molar-refractivity contribution in [2.24, 2.45) is 5.16 Å². The Morgan fingerprint density at radius 2 is 1.78 bits per heavy atom. The van der Waals surface area contributed by atoms with Gasteiger partial charge in [0.05, 0.1) is 0 Å². The molecule has 18 heavy (non-hydrogen) atoms. The van der Waals surface area contributed by atoms with Crippen LogP contribution in [-0.4, -0.2) is 16.0 Å². The highest BCUT2D eigenvalue weighted by atomic mass is 16.4. The summed E-state index contributed by atoms with van der Waals surface area (Å²) in [6.45, 7) is 1.97. The molecule has 0 saturated carbocycles. The number of hydrogen-bond acceptors (Lipinski definition) is 3. The fourth-order valence-electron chi connectivity index (χ4n) is 1.93. The summed E-state index contributed by atoms with van der Waals surface area (Å²) in [5.41, 5.74) is 2.53. The minimum Gasteiger partial charge on any atom is -0.507 e. The summed E-state index contributed by atoms with van der Waals surface area (Å²) < 4.78 is 0. The normalized spacial score (nSPS) is 11.5. The Labute approximate surface area is 106 Å². The minimum absolute atomic E-state index is 0.177. The van der Waals surface area contributed by atoms with Crippen LogP contribution in [0, 0.1) is 0 Å². The zero-order valence-corrected chi connectivity index (χ0v) is 10.2. The number of oxime groups is 1. The average molecular weight is 241 g/mol. The highest BCUT2D eigenvalue weighted by molar-refractivity contribution is 6.14. The van der Waals surface area contributed by atoms with Crippen molar-refractivity contribution in [3.05, 3.63) is 65.2 Å². The van der Waals surface area contributed by atoms with E-state index in [9.17, 15) is 10.3 Å². The third kappa shape index (κ3) is 2.20. The second-order valence-electron chi connectivity index (χ2n) is 3.98. The molecule has 3 nitrogen and oxygen atoms in total. The fraction of sp³-hybridized carbons (Fsp3) is 0.133. The first kappa shape index (κ1) is 12.2. The highest BCUT2D eigenvalue weighted by Gasteiger charge is 2.13. The summed E-state index contributed by atoms with van der Waals surface area (Å²) in [4.78, 5) is 0. The first-order valence-electron chi connectivity index (χ1n) is 5.86. The van der Waals surface area contributed by atoms with E-state index in [-0.39, 0.29) is 5.75 Å². The predicted molar refractivity (Wildman–Crippen MR) is 71.4 cm³/mol. The van der Waals surface area contributed by atoms with Gasteiger partial charge in [-0.3, -0.25) is 0 Å². The fourth-order valence-corrected chi connectivity index (χ4v) is 1.93. The Hall–Kier alpha value is -2.29. The maximum atomic E-state index is 10.2. The lowest BCUT2D eigenvalue weighted by Crippen LogP contribution is -2.04. The highest BCUT2D eigenvalue weighted by Crippen LogP contribution is 2.25. The molecule has 2 aromatic rings. The van der Waals surface area contributed by atoms with Gasteiger partial charge in [0.2, 0.25) is 0 Å². The number of aromatic hydroxyl groups is 1. The van der Waals surface area contributed by atoms with Gasteiger partial charge < -0.3 is 10.3 Å². The van der Waals surface area contributed by atoms with E-state index in [1.807, 2.05) is 49.4 Å². The van der Waals surface area contributed by atoms with E-state index in [0.717, 1.165) is 17.5 Å². The van der Waals surface area contributed by atoms with Crippen LogP contribution in [-0.2, 0) is 6.42 Å². The van der Waals surface area contributed by atoms with Crippen molar-refractivity contribution in [2.75, 3.05) is 0 Å². The first-order valence-corrected chi connectivity index (χ1v) is 5.86. The summed E-state index contributed by atoms with van der Waals surface area (Å²) in [7, 11) is 0. The molecule has 0 amide bonds. The molecule has 0 bridgehead atoms. The molecule has 0 aliphatic carbocycles. The quantitative estimate of drug-likeness (QED) is 0.492. The van der Waals surface area contributed by atoms with Crippen molar-refractivity contribution in [1.29, 1.82) is 0 Å². The Morgan fingerprint density at radius 3 is 2.39 bits per heavy atom. The van der Waals surface area contributed by atoms with Gasteiger partial charge in [-0.1, -0.05) is 54.5 Å². The zero-order chi connectivity index (χ0) is 13.0. The van der Waals surface area contributed by atoms with Gasteiger partial charge in [0.1, 0.15) is 11.5 Å². The van der Waals surface area contributed by atoms with E-state index >= 15 is 0 Å². The monoisotopic (exact) mass is 241 g/mol. The lowest BCUT2D eigenvalue weighted by Gasteiger charge is -2.10. The maximum Gasteiger partial charge on any atom is 0.128 e. The van der Waals surface area contributed by atoms with Crippen LogP contribution < -0.4 is 0 Å². The number of benzene rings is 2. The number of phenolic OH excluding ortho intramolecular Hbond substituents is 1. The lowest BCUT2D eigenvalue weighted by molar-refractivity contribution is 0.319. The SMILES string of the molecule is CCc1cccc(/C(=N/O)c2ccccc2)c1O. The molecule has 0 aliphatic rings. The molecule has 0 aliphatic heterocycles. The van der Waals surface area contributed by atoms with Gasteiger partial charge >= 0.3 is 0 Å². The molecular weight excluding hydrogens is 226 g/mol. The topological polar surface area (TPSA) is 52.8 Å². The Bertz CT molecular complexity index is 562. The molecule has 2 rings (SSSR count). The lowest BCUT2D eigenvalue weighted by atomic mass is 9.98. The third-order valence-electron chi connectivity index (χ3n) is 2.90. The van der Waals surface area contributed by atoms with Crippen LogP contribution >= 0.6 is 0 Å². The molecule has 0 fully saturated rings. The van der Waals surface area contributed by atoms with Gasteiger partial charge in [-0.15, -0.1) is 0 Å². The second-order valence-corrected chi connectivity index (χ2v) is 3.98. The van der Waals surface area contributed by atoms with E-state index in [0.29, 0.717) is 11.3 Å². The van der Waals surface area contributed by atoms with Crippen molar-refractivity contribution in [2.45, 2.75) is 13.3 Å². The van der Waals surface area contributed by atoms with Gasteiger partial charge in [0, 0.05) is 11.1 Å². The molecule has 3 heteroatoms. The van der Waals surface area contributed by atoms with Crippen LogP contribution in [0.25, 0.3) is 0 Å². The number of phenols is 1. The van der Waals surface area contributed by atoms with Gasteiger partial charge in [0.15, 0.2) is 0 Å². The molecule has 0 radical (unpaired) electrons. The molecule has 92 valence electrons. The first-order chi connectivity index (χ1) is 8.77. The van der Waals surface area contributed by atoms with Crippen LogP contribution in [0.2, 0.25) is 0 Å². The van der Waals surface area contributed by atoms with Crippen LogP contribution in [0.5, 0.6) is 5.75 Å². The summed E-state index contributed by atoms with van der Waals surface area (Å²) in [5, 5.41) is 22.7. The van der Waals surface area contributed by atoms with Crippen molar-refractivity contribution in [3.8, 4) is 5.75 Å². The van der Waals surface area contributed by atoms with E-state index in [1.165, 1.54) is 0 Å². The minimum atomic E-state index is 0.177. The number of nitrogens with zero attached hydrogens (tertiary/aromatic N) is 1. The van der Waals surface area contributed by atoms with Crippen molar-refractivity contribution < 1.29 is 10.3 Å². The van der Waals surface area contributed by atoms with Crippen LogP contribution in [0.1, 0.15) is 23.6 Å². The molecular formula is C15H15NO2. The van der Waals surface area contributed by atoms with Crippen LogP contribution in [0.3, 0.4) is 0 Å². The number of rotatable bonds is 3. The maximum absolute atomic E-state index is 10.2. The largest absolute Gasteiger partial charge is 0.507 e. The Morgan fingerprint density at radius 1 is 1.06 bits per heavy atom. The molecule has 2 N–H and O–H groups in total. The summed E-state index contributed by atoms with van der Waals surface area (Å²) in [5.74, 6) is 0.177. The molecule has 0 spiro atoms. The summed E-state index contributed by atoms with van der Waals surface area (Å²) in [6.07, 6.45) is 0.729. The summed E-state index contributed by atoms with van der Waals surface area (Å²) in [6, 6.07) is 14.8. The van der Waals surface area contributed by atoms with Gasteiger partial charge in [-0.05, 0) is 18.1 Å². The number of aryl methyl sites for hydroxylation is 1. The molecule has 0 saturated heterocycles. The molecule has 0 atom stereocenters. The molecule has 0 heterocycles. The molecule has 0 aromatic heterocycles. The van der Waals surface area contributed by atoms with E-state index in [2.05, 4.69) is 5.16 Å². The number of hydrogen-bond donors (Lipinski definition) is 2. The van der Waals surface area contributed by atoms with E-state index in [4.69, 9.17) is 0 Å². The molecule has 0 unspecified atom stereocenters. The van der Waals surface area contributed by atoms with E-state index in [1.54, 1.807) is 6.07 Å². The van der Waals surface area contributed by atoms with Gasteiger partial charge in [-0.25, -0.2) is 0 Å². The van der Waals surface area contributed by atoms with Crippen LogP contribution in [0.15, 0.2) is 53.7 Å². The third-order valence-corrected chi connectivity index (χ3v) is 2.90. The van der Waals surface area contributed by atoms with Gasteiger partial charge in [0.25, 0.3) is 0 Å².